The Morgan fingerprint density at radius 3 is 2.53 bits per heavy atom. The molecule has 90 valence electrons. The number of nitrogens with one attached hydrogen (secondary N) is 2. The van der Waals surface area contributed by atoms with Crippen LogP contribution in [0.25, 0.3) is 0 Å². The van der Waals surface area contributed by atoms with Gasteiger partial charge in [0.25, 0.3) is 0 Å². The van der Waals surface area contributed by atoms with E-state index in [1.54, 1.807) is 25.1 Å². The summed E-state index contributed by atoms with van der Waals surface area (Å²) in [5.41, 5.74) is 0.686. The van der Waals surface area contributed by atoms with Gasteiger partial charge in [-0.2, -0.15) is 0 Å². The molecule has 1 atom stereocenters. The van der Waals surface area contributed by atoms with Crippen LogP contribution in [0.15, 0.2) is 18.2 Å². The molecule has 0 aromatic heterocycles. The van der Waals surface area contributed by atoms with E-state index in [0.29, 0.717) is 15.7 Å². The predicted octanol–water partition coefficient (Wildman–Crippen LogP) is 2.54. The van der Waals surface area contributed by atoms with Crippen molar-refractivity contribution >= 4 is 34.8 Å². The van der Waals surface area contributed by atoms with Crippen LogP contribution in [-0.2, 0) is 4.79 Å². The summed E-state index contributed by atoms with van der Waals surface area (Å²) >= 11 is 11.7. The molecule has 0 heterocycles. The topological polar surface area (TPSA) is 41.1 Å². The molecular weight excluding hydrogens is 259 g/mol. The smallest absolute Gasteiger partial charge is 0.242 e. The number of hydrogen-bond donors (Lipinski definition) is 2. The van der Waals surface area contributed by atoms with E-state index >= 15 is 0 Å². The lowest BCUT2D eigenvalue weighted by Gasteiger charge is -2.14. The van der Waals surface area contributed by atoms with Gasteiger partial charge in [0.15, 0.2) is 0 Å². The quantitative estimate of drug-likeness (QED) is 0.826. The summed E-state index contributed by atoms with van der Waals surface area (Å²) in [4.78, 5) is 11.5. The minimum Gasteiger partial charge on any atom is -0.374 e. The molecule has 0 saturated heterocycles. The lowest BCUT2D eigenvalue weighted by atomic mass is 10.2. The van der Waals surface area contributed by atoms with Gasteiger partial charge in [0, 0.05) is 15.7 Å². The number of anilines is 1. The van der Waals surface area contributed by atoms with Crippen molar-refractivity contribution in [3.05, 3.63) is 28.2 Å². The van der Waals surface area contributed by atoms with Crippen LogP contribution in [0.3, 0.4) is 0 Å². The molecule has 1 unspecified atom stereocenters. The second-order valence-electron chi connectivity index (χ2n) is 3.45. The molecule has 0 aliphatic carbocycles. The molecule has 1 aromatic rings. The molecule has 0 spiro atoms. The fourth-order valence-electron chi connectivity index (χ4n) is 1.24. The number of amides is 1. The van der Waals surface area contributed by atoms with E-state index in [9.17, 15) is 4.79 Å². The summed E-state index contributed by atoms with van der Waals surface area (Å²) in [6, 6.07) is 4.59. The Morgan fingerprint density at radius 1 is 1.41 bits per heavy atom. The van der Waals surface area contributed by atoms with Gasteiger partial charge in [-0.3, -0.25) is 4.79 Å². The summed E-state index contributed by atoms with van der Waals surface area (Å²) < 4.78 is 0. The number of benzene rings is 1. The van der Waals surface area contributed by atoms with Crippen LogP contribution in [0, 0.1) is 12.3 Å². The van der Waals surface area contributed by atoms with Crippen LogP contribution in [0.2, 0.25) is 10.0 Å². The number of rotatable bonds is 4. The third-order valence-electron chi connectivity index (χ3n) is 2.00. The standard InChI is InChI=1S/C12H12Cl2N2O/c1-3-4-15-12(17)8(2)16-11-6-9(13)5-10(14)7-11/h1,5-8,16H,4H2,2H3,(H,15,17). The van der Waals surface area contributed by atoms with Crippen molar-refractivity contribution in [2.24, 2.45) is 0 Å². The summed E-state index contributed by atoms with van der Waals surface area (Å²) in [7, 11) is 0. The molecule has 1 rings (SSSR count). The number of terminal acetylenes is 1. The average Bonchev–Trinajstić information content (AvgIpc) is 2.24. The highest BCUT2D eigenvalue weighted by molar-refractivity contribution is 6.35. The molecule has 1 amide bonds. The lowest BCUT2D eigenvalue weighted by Crippen LogP contribution is -2.37. The Hall–Kier alpha value is -1.37. The van der Waals surface area contributed by atoms with E-state index < -0.39 is 6.04 Å². The van der Waals surface area contributed by atoms with Crippen molar-refractivity contribution in [3.8, 4) is 12.3 Å². The maximum atomic E-state index is 11.5. The minimum atomic E-state index is -0.419. The first kappa shape index (κ1) is 13.7. The molecule has 0 saturated carbocycles. The van der Waals surface area contributed by atoms with Crippen molar-refractivity contribution in [1.82, 2.24) is 5.32 Å². The SMILES string of the molecule is C#CCNC(=O)C(C)Nc1cc(Cl)cc(Cl)c1. The first-order chi connectivity index (χ1) is 8.02. The van der Waals surface area contributed by atoms with E-state index in [-0.39, 0.29) is 12.5 Å². The highest BCUT2D eigenvalue weighted by atomic mass is 35.5. The van der Waals surface area contributed by atoms with Gasteiger partial charge in [0.2, 0.25) is 5.91 Å². The highest BCUT2D eigenvalue weighted by Gasteiger charge is 2.11. The van der Waals surface area contributed by atoms with Gasteiger partial charge in [-0.1, -0.05) is 29.1 Å². The second-order valence-corrected chi connectivity index (χ2v) is 4.32. The zero-order valence-electron chi connectivity index (χ0n) is 9.26. The summed E-state index contributed by atoms with van der Waals surface area (Å²) in [5.74, 6) is 2.15. The summed E-state index contributed by atoms with van der Waals surface area (Å²) in [6.45, 7) is 1.93. The molecule has 5 heteroatoms. The number of carbonyl (C=O) groups excluding carboxylic acids is 1. The van der Waals surface area contributed by atoms with Crippen LogP contribution in [0.5, 0.6) is 0 Å². The lowest BCUT2D eigenvalue weighted by molar-refractivity contribution is -0.121. The Labute approximate surface area is 110 Å². The van der Waals surface area contributed by atoms with Crippen LogP contribution < -0.4 is 10.6 Å². The third kappa shape index (κ3) is 4.56. The highest BCUT2D eigenvalue weighted by Crippen LogP contribution is 2.22. The Kier molecular flexibility index (Phi) is 5.14. The molecule has 3 nitrogen and oxygen atoms in total. The van der Waals surface area contributed by atoms with Crippen molar-refractivity contribution in [2.75, 3.05) is 11.9 Å². The minimum absolute atomic E-state index is 0.181. The Balaban J connectivity index is 2.64. The van der Waals surface area contributed by atoms with Gasteiger partial charge in [-0.15, -0.1) is 6.42 Å². The Bertz CT molecular complexity index is 434. The van der Waals surface area contributed by atoms with Gasteiger partial charge in [0.1, 0.15) is 6.04 Å². The van der Waals surface area contributed by atoms with E-state index in [2.05, 4.69) is 16.6 Å². The molecule has 0 bridgehead atoms. The monoisotopic (exact) mass is 270 g/mol. The number of carbonyl (C=O) groups is 1. The zero-order chi connectivity index (χ0) is 12.8. The third-order valence-corrected chi connectivity index (χ3v) is 2.44. The first-order valence-corrected chi connectivity index (χ1v) is 5.72. The van der Waals surface area contributed by atoms with Gasteiger partial charge in [-0.25, -0.2) is 0 Å². The van der Waals surface area contributed by atoms with Crippen LogP contribution in [0.1, 0.15) is 6.92 Å². The summed E-state index contributed by atoms with van der Waals surface area (Å²) in [5, 5.41) is 6.58. The molecule has 0 aliphatic rings. The zero-order valence-corrected chi connectivity index (χ0v) is 10.8. The molecule has 17 heavy (non-hydrogen) atoms. The molecule has 1 aromatic carbocycles. The van der Waals surface area contributed by atoms with Crippen molar-refractivity contribution in [2.45, 2.75) is 13.0 Å². The molecule has 2 N–H and O–H groups in total. The molecular formula is C12H12Cl2N2O. The number of hydrogen-bond acceptors (Lipinski definition) is 2. The van der Waals surface area contributed by atoms with Crippen LogP contribution in [-0.4, -0.2) is 18.5 Å². The van der Waals surface area contributed by atoms with Gasteiger partial charge in [-0.05, 0) is 25.1 Å². The van der Waals surface area contributed by atoms with Crippen LogP contribution in [0.4, 0.5) is 5.69 Å². The van der Waals surface area contributed by atoms with E-state index in [1.807, 2.05) is 0 Å². The van der Waals surface area contributed by atoms with Gasteiger partial charge < -0.3 is 10.6 Å². The van der Waals surface area contributed by atoms with E-state index in [4.69, 9.17) is 29.6 Å². The number of halogens is 2. The van der Waals surface area contributed by atoms with Gasteiger partial charge >= 0.3 is 0 Å². The van der Waals surface area contributed by atoms with Crippen molar-refractivity contribution < 1.29 is 4.79 Å². The normalized spacial score (nSPS) is 11.4. The molecule has 0 radical (unpaired) electrons. The van der Waals surface area contributed by atoms with E-state index in [1.165, 1.54) is 0 Å². The van der Waals surface area contributed by atoms with E-state index in [0.717, 1.165) is 0 Å². The Morgan fingerprint density at radius 2 is 2.00 bits per heavy atom. The average molecular weight is 271 g/mol. The summed E-state index contributed by atoms with van der Waals surface area (Å²) in [6.07, 6.45) is 5.05. The molecule has 0 fully saturated rings. The van der Waals surface area contributed by atoms with Crippen LogP contribution >= 0.6 is 23.2 Å². The van der Waals surface area contributed by atoms with Crippen molar-refractivity contribution in [1.29, 1.82) is 0 Å². The fraction of sp³-hybridized carbons (Fsp3) is 0.250. The predicted molar refractivity (Wildman–Crippen MR) is 71.4 cm³/mol. The maximum absolute atomic E-state index is 11.5. The fourth-order valence-corrected chi connectivity index (χ4v) is 1.77. The molecule has 0 aliphatic heterocycles. The second kappa shape index (κ2) is 6.39. The first-order valence-electron chi connectivity index (χ1n) is 4.96. The van der Waals surface area contributed by atoms with Crippen molar-refractivity contribution in [3.63, 3.8) is 0 Å². The van der Waals surface area contributed by atoms with Gasteiger partial charge in [0.05, 0.1) is 6.54 Å². The largest absolute Gasteiger partial charge is 0.374 e. The maximum Gasteiger partial charge on any atom is 0.242 e.